The van der Waals surface area contributed by atoms with Crippen molar-refractivity contribution in [3.8, 4) is 0 Å². The molecular formula is C13H12BrClFNO3. The summed E-state index contributed by atoms with van der Waals surface area (Å²) >= 11 is 9.28. The highest BCUT2D eigenvalue weighted by Crippen LogP contribution is 2.30. The number of hydrogen-bond donors (Lipinski definition) is 1. The molecule has 0 bridgehead atoms. The lowest BCUT2D eigenvalue weighted by molar-refractivity contribution is -0.149. The van der Waals surface area contributed by atoms with Crippen LogP contribution in [0, 0.1) is 6.92 Å². The van der Waals surface area contributed by atoms with Crippen LogP contribution in [0.25, 0.3) is 0 Å². The molecule has 1 N–H and O–H groups in total. The Labute approximate surface area is 128 Å². The molecule has 1 aliphatic heterocycles. The van der Waals surface area contributed by atoms with E-state index in [1.165, 1.54) is 11.0 Å². The first kappa shape index (κ1) is 15.3. The number of carbonyl (C=O) groups excluding carboxylic acids is 1. The fraction of sp³-hybridized carbons (Fsp3) is 0.385. The molecule has 1 unspecified atom stereocenters. The Hall–Kier alpha value is -1.14. The van der Waals surface area contributed by atoms with Crippen LogP contribution in [-0.2, 0) is 4.79 Å². The predicted molar refractivity (Wildman–Crippen MR) is 75.9 cm³/mol. The van der Waals surface area contributed by atoms with Gasteiger partial charge in [-0.25, -0.2) is 9.18 Å². The molecule has 1 amide bonds. The van der Waals surface area contributed by atoms with Crippen molar-refractivity contribution in [1.82, 2.24) is 4.90 Å². The summed E-state index contributed by atoms with van der Waals surface area (Å²) in [6, 6.07) is 3.12. The monoisotopic (exact) mass is 363 g/mol. The molecular weight excluding hydrogens is 353 g/mol. The number of hydrogen-bond acceptors (Lipinski definition) is 2. The fourth-order valence-electron chi connectivity index (χ4n) is 2.15. The number of carboxylic acid groups (broad SMARTS) is 1. The molecule has 0 spiro atoms. The molecule has 1 aromatic carbocycles. The van der Waals surface area contributed by atoms with Gasteiger partial charge in [-0.05, 0) is 40.5 Å². The van der Waals surface area contributed by atoms with Crippen molar-refractivity contribution in [3.05, 3.63) is 32.8 Å². The number of carboxylic acids is 1. The van der Waals surface area contributed by atoms with Gasteiger partial charge in [0.1, 0.15) is 0 Å². The normalized spacial score (nSPS) is 22.1. The first-order valence-corrected chi connectivity index (χ1v) is 7.09. The topological polar surface area (TPSA) is 57.6 Å². The second kappa shape index (κ2) is 5.33. The maximum absolute atomic E-state index is 14.0. The minimum Gasteiger partial charge on any atom is -0.479 e. The minimum absolute atomic E-state index is 0.0777. The Bertz CT molecular complexity index is 572. The Kier molecular flexibility index (Phi) is 4.07. The molecule has 1 saturated heterocycles. The van der Waals surface area contributed by atoms with Gasteiger partial charge in [0.05, 0.1) is 11.6 Å². The lowest BCUT2D eigenvalue weighted by Gasteiger charge is -2.18. The van der Waals surface area contributed by atoms with Crippen molar-refractivity contribution in [1.29, 1.82) is 0 Å². The number of alkyl halides is 1. The molecule has 0 radical (unpaired) electrons. The largest absolute Gasteiger partial charge is 0.479 e. The highest BCUT2D eigenvalue weighted by molar-refractivity contribution is 9.10. The van der Waals surface area contributed by atoms with E-state index in [0.717, 1.165) is 5.56 Å². The third-order valence-corrected chi connectivity index (χ3v) is 4.93. The molecule has 0 aliphatic carbocycles. The summed E-state index contributed by atoms with van der Waals surface area (Å²) in [6.07, 6.45) is -0.197. The fourth-order valence-corrected chi connectivity index (χ4v) is 2.65. The molecule has 4 nitrogen and oxygen atoms in total. The summed E-state index contributed by atoms with van der Waals surface area (Å²) in [5.41, 5.74) is -1.25. The standard InChI is InChI=1S/C13H12BrClFNO3/c1-7-4-8(5-9(15)10(7)14)11(18)17-3-2-13(16,6-17)12(19)20/h4-5H,2-3,6H2,1H3,(H,19,20). The van der Waals surface area contributed by atoms with Crippen LogP contribution < -0.4 is 0 Å². The molecule has 108 valence electrons. The van der Waals surface area contributed by atoms with Gasteiger partial charge < -0.3 is 10.0 Å². The van der Waals surface area contributed by atoms with E-state index in [2.05, 4.69) is 15.9 Å². The summed E-state index contributed by atoms with van der Waals surface area (Å²) < 4.78 is 14.7. The molecule has 20 heavy (non-hydrogen) atoms. The van der Waals surface area contributed by atoms with Crippen LogP contribution in [0.4, 0.5) is 4.39 Å². The lowest BCUT2D eigenvalue weighted by atomic mass is 10.1. The van der Waals surface area contributed by atoms with Gasteiger partial charge in [0.25, 0.3) is 5.91 Å². The number of nitrogens with zero attached hydrogens (tertiary/aromatic N) is 1. The number of likely N-dealkylation sites (tertiary alicyclic amines) is 1. The molecule has 0 aromatic heterocycles. The average molecular weight is 365 g/mol. The van der Waals surface area contributed by atoms with Gasteiger partial charge in [0, 0.05) is 23.0 Å². The van der Waals surface area contributed by atoms with Gasteiger partial charge in [0.2, 0.25) is 5.67 Å². The van der Waals surface area contributed by atoms with Gasteiger partial charge >= 0.3 is 5.97 Å². The number of halogens is 3. The van der Waals surface area contributed by atoms with E-state index in [1.54, 1.807) is 13.0 Å². The van der Waals surface area contributed by atoms with Crippen LogP contribution in [-0.4, -0.2) is 40.6 Å². The van der Waals surface area contributed by atoms with E-state index in [9.17, 15) is 14.0 Å². The number of amides is 1. The average Bonchev–Trinajstić information content (AvgIpc) is 2.78. The molecule has 7 heteroatoms. The first-order valence-electron chi connectivity index (χ1n) is 5.92. The number of aliphatic carboxylic acids is 1. The molecule has 2 rings (SSSR count). The van der Waals surface area contributed by atoms with Gasteiger partial charge in [-0.2, -0.15) is 0 Å². The third-order valence-electron chi connectivity index (χ3n) is 3.35. The van der Waals surface area contributed by atoms with Crippen LogP contribution in [0.2, 0.25) is 5.02 Å². The van der Waals surface area contributed by atoms with Gasteiger partial charge in [-0.1, -0.05) is 11.6 Å². The maximum Gasteiger partial charge on any atom is 0.343 e. The van der Waals surface area contributed by atoms with Crippen molar-refractivity contribution < 1.29 is 19.1 Å². The Morgan fingerprint density at radius 2 is 2.15 bits per heavy atom. The first-order chi connectivity index (χ1) is 9.24. The summed E-state index contributed by atoms with van der Waals surface area (Å²) in [4.78, 5) is 24.3. The predicted octanol–water partition coefficient (Wildman–Crippen LogP) is 3.05. The van der Waals surface area contributed by atoms with Crippen molar-refractivity contribution in [2.75, 3.05) is 13.1 Å². The smallest absolute Gasteiger partial charge is 0.343 e. The van der Waals surface area contributed by atoms with E-state index >= 15 is 0 Å². The van der Waals surface area contributed by atoms with Crippen molar-refractivity contribution in [2.45, 2.75) is 19.0 Å². The highest BCUT2D eigenvalue weighted by atomic mass is 79.9. The van der Waals surface area contributed by atoms with Crippen molar-refractivity contribution in [2.24, 2.45) is 0 Å². The Balaban J connectivity index is 2.24. The lowest BCUT2D eigenvalue weighted by Crippen LogP contribution is -2.38. The SMILES string of the molecule is Cc1cc(C(=O)N2CCC(F)(C(=O)O)C2)cc(Cl)c1Br. The van der Waals surface area contributed by atoms with Crippen molar-refractivity contribution in [3.63, 3.8) is 0 Å². The second-order valence-corrected chi connectivity index (χ2v) is 6.04. The summed E-state index contributed by atoms with van der Waals surface area (Å²) in [5.74, 6) is -1.94. The van der Waals surface area contributed by atoms with Crippen molar-refractivity contribution >= 4 is 39.4 Å². The van der Waals surface area contributed by atoms with E-state index in [0.29, 0.717) is 15.1 Å². The zero-order valence-electron chi connectivity index (χ0n) is 10.6. The number of rotatable bonds is 2. The number of benzene rings is 1. The molecule has 1 aromatic rings. The summed E-state index contributed by atoms with van der Waals surface area (Å²) in [7, 11) is 0. The second-order valence-electron chi connectivity index (χ2n) is 4.84. The Morgan fingerprint density at radius 1 is 1.50 bits per heavy atom. The molecule has 1 atom stereocenters. The van der Waals surface area contributed by atoms with E-state index < -0.39 is 24.1 Å². The van der Waals surface area contributed by atoms with E-state index in [1.807, 2.05) is 0 Å². The molecule has 1 heterocycles. The molecule has 1 aliphatic rings. The zero-order valence-corrected chi connectivity index (χ0v) is 13.0. The zero-order chi connectivity index (χ0) is 15.1. The Morgan fingerprint density at radius 3 is 2.65 bits per heavy atom. The van der Waals surface area contributed by atoms with E-state index in [4.69, 9.17) is 16.7 Å². The third kappa shape index (κ3) is 2.67. The highest BCUT2D eigenvalue weighted by Gasteiger charge is 2.47. The summed E-state index contributed by atoms with van der Waals surface area (Å²) in [5, 5.41) is 9.21. The number of carbonyl (C=O) groups is 2. The minimum atomic E-state index is -2.36. The molecule has 1 fully saturated rings. The van der Waals surface area contributed by atoms with Crippen LogP contribution in [0.5, 0.6) is 0 Å². The van der Waals surface area contributed by atoms with Gasteiger partial charge in [-0.15, -0.1) is 0 Å². The van der Waals surface area contributed by atoms with Crippen LogP contribution in [0.3, 0.4) is 0 Å². The maximum atomic E-state index is 14.0. The van der Waals surface area contributed by atoms with Crippen LogP contribution >= 0.6 is 27.5 Å². The van der Waals surface area contributed by atoms with Gasteiger partial charge in [0.15, 0.2) is 0 Å². The van der Waals surface area contributed by atoms with Crippen LogP contribution in [0.1, 0.15) is 22.3 Å². The quantitative estimate of drug-likeness (QED) is 0.877. The van der Waals surface area contributed by atoms with Gasteiger partial charge in [-0.3, -0.25) is 4.79 Å². The number of aryl methyl sites for hydroxylation is 1. The summed E-state index contributed by atoms with van der Waals surface area (Å²) in [6.45, 7) is 1.43. The van der Waals surface area contributed by atoms with Crippen LogP contribution in [0.15, 0.2) is 16.6 Å². The van der Waals surface area contributed by atoms with E-state index in [-0.39, 0.29) is 13.0 Å². The molecule has 0 saturated carbocycles.